The van der Waals surface area contributed by atoms with Crippen molar-refractivity contribution in [3.05, 3.63) is 24.0 Å². The van der Waals surface area contributed by atoms with E-state index >= 15 is 0 Å². The highest BCUT2D eigenvalue weighted by molar-refractivity contribution is 7.89. The molecule has 1 fully saturated rings. The lowest BCUT2D eigenvalue weighted by Crippen LogP contribution is -2.31. The third-order valence-electron chi connectivity index (χ3n) is 3.28. The molecule has 0 radical (unpaired) electrons. The molecule has 2 rings (SSSR count). The lowest BCUT2D eigenvalue weighted by molar-refractivity contribution is -0.144. The van der Waals surface area contributed by atoms with Gasteiger partial charge in [-0.15, -0.1) is 0 Å². The third kappa shape index (κ3) is 2.61. The Morgan fingerprint density at radius 2 is 2.20 bits per heavy atom. The van der Waals surface area contributed by atoms with Crippen LogP contribution in [0.4, 0.5) is 10.1 Å². The van der Waals surface area contributed by atoms with Gasteiger partial charge in [0.05, 0.1) is 18.7 Å². The zero-order valence-corrected chi connectivity index (χ0v) is 11.7. The monoisotopic (exact) mass is 302 g/mol. The molecule has 6 nitrogen and oxygen atoms in total. The molecule has 1 saturated heterocycles. The van der Waals surface area contributed by atoms with Crippen molar-refractivity contribution in [3.63, 3.8) is 0 Å². The van der Waals surface area contributed by atoms with Gasteiger partial charge in [0.2, 0.25) is 10.0 Å². The molecule has 1 aliphatic heterocycles. The molecule has 0 aromatic heterocycles. The first-order valence-electron chi connectivity index (χ1n) is 5.99. The quantitative estimate of drug-likeness (QED) is 0.652. The van der Waals surface area contributed by atoms with Gasteiger partial charge < -0.3 is 10.5 Å². The first kappa shape index (κ1) is 14.7. The summed E-state index contributed by atoms with van der Waals surface area (Å²) >= 11 is 0. The lowest BCUT2D eigenvalue weighted by Gasteiger charge is -2.17. The van der Waals surface area contributed by atoms with E-state index in [9.17, 15) is 17.6 Å². The molecule has 1 heterocycles. The van der Waals surface area contributed by atoms with Crippen molar-refractivity contribution < 1.29 is 22.3 Å². The fourth-order valence-corrected chi connectivity index (χ4v) is 3.80. The number of hydrogen-bond donors (Lipinski definition) is 1. The highest BCUT2D eigenvalue weighted by Crippen LogP contribution is 2.28. The Hall–Kier alpha value is -1.67. The SMILES string of the molecule is COC(=O)C1CCN(S(=O)(=O)c2cc(F)ccc2N)C1. The third-order valence-corrected chi connectivity index (χ3v) is 5.20. The molecule has 8 heteroatoms. The molecule has 110 valence electrons. The number of nitrogens with two attached hydrogens (primary N) is 1. The second-order valence-corrected chi connectivity index (χ2v) is 6.46. The summed E-state index contributed by atoms with van der Waals surface area (Å²) in [6, 6.07) is 3.18. The number of carbonyl (C=O) groups is 1. The number of sulfonamides is 1. The van der Waals surface area contributed by atoms with E-state index in [1.807, 2.05) is 0 Å². The average molecular weight is 302 g/mol. The maximum atomic E-state index is 13.2. The van der Waals surface area contributed by atoms with Crippen LogP contribution in [0.1, 0.15) is 6.42 Å². The summed E-state index contributed by atoms with van der Waals surface area (Å²) in [6.45, 7) is 0.197. The van der Waals surface area contributed by atoms with Crippen LogP contribution >= 0.6 is 0 Å². The van der Waals surface area contributed by atoms with Crippen molar-refractivity contribution in [3.8, 4) is 0 Å². The molecular formula is C12H15FN2O4S. The molecule has 1 atom stereocenters. The zero-order chi connectivity index (χ0) is 14.9. The molecule has 0 amide bonds. The molecule has 0 bridgehead atoms. The standard InChI is InChI=1S/C12H15FN2O4S/c1-19-12(16)8-4-5-15(7-8)20(17,18)11-6-9(13)2-3-10(11)14/h2-3,6,8H,4-5,7,14H2,1H3. The van der Waals surface area contributed by atoms with E-state index in [0.717, 1.165) is 16.4 Å². The molecule has 1 aromatic rings. The Morgan fingerprint density at radius 3 is 2.85 bits per heavy atom. The molecule has 1 aromatic carbocycles. The number of nitrogens with zero attached hydrogens (tertiary/aromatic N) is 1. The van der Waals surface area contributed by atoms with E-state index in [0.29, 0.717) is 6.42 Å². The van der Waals surface area contributed by atoms with Crippen molar-refractivity contribution in [2.45, 2.75) is 11.3 Å². The molecule has 20 heavy (non-hydrogen) atoms. The number of carbonyl (C=O) groups excluding carboxylic acids is 1. The number of hydrogen-bond acceptors (Lipinski definition) is 5. The largest absolute Gasteiger partial charge is 0.469 e. The van der Waals surface area contributed by atoms with Gasteiger partial charge in [-0.25, -0.2) is 12.8 Å². The van der Waals surface area contributed by atoms with Crippen molar-refractivity contribution in [1.82, 2.24) is 4.31 Å². The highest BCUT2D eigenvalue weighted by Gasteiger charge is 2.37. The fraction of sp³-hybridized carbons (Fsp3) is 0.417. The summed E-state index contributed by atoms with van der Waals surface area (Å²) < 4.78 is 43.7. The summed E-state index contributed by atoms with van der Waals surface area (Å²) in [5.74, 6) is -1.62. The van der Waals surface area contributed by atoms with Crippen LogP contribution in [0, 0.1) is 11.7 Å². The van der Waals surface area contributed by atoms with E-state index in [2.05, 4.69) is 4.74 Å². The molecular weight excluding hydrogens is 287 g/mol. The van der Waals surface area contributed by atoms with Crippen LogP contribution in [-0.2, 0) is 19.6 Å². The molecule has 0 spiro atoms. The second kappa shape index (κ2) is 5.37. The predicted molar refractivity (Wildman–Crippen MR) is 69.7 cm³/mol. The minimum absolute atomic E-state index is 0.0188. The van der Waals surface area contributed by atoms with Crippen molar-refractivity contribution in [1.29, 1.82) is 0 Å². The van der Waals surface area contributed by atoms with E-state index in [-0.39, 0.29) is 23.7 Å². The number of methoxy groups -OCH3 is 1. The molecule has 1 unspecified atom stereocenters. The Bertz CT molecular complexity index is 632. The van der Waals surface area contributed by atoms with Gasteiger partial charge in [-0.05, 0) is 24.6 Å². The number of nitrogen functional groups attached to an aromatic ring is 1. The number of benzene rings is 1. The number of ether oxygens (including phenoxy) is 1. The summed E-state index contributed by atoms with van der Waals surface area (Å²) in [4.78, 5) is 11.1. The topological polar surface area (TPSA) is 89.7 Å². The summed E-state index contributed by atoms with van der Waals surface area (Å²) in [5, 5.41) is 0. The highest BCUT2D eigenvalue weighted by atomic mass is 32.2. The molecule has 0 saturated carbocycles. The van der Waals surface area contributed by atoms with Gasteiger partial charge in [-0.3, -0.25) is 4.79 Å². The zero-order valence-electron chi connectivity index (χ0n) is 10.9. The maximum Gasteiger partial charge on any atom is 0.310 e. The van der Waals surface area contributed by atoms with Gasteiger partial charge in [0.15, 0.2) is 0 Å². The summed E-state index contributed by atoms with van der Waals surface area (Å²) in [5.41, 5.74) is 5.58. The van der Waals surface area contributed by atoms with Crippen molar-refractivity contribution >= 4 is 21.7 Å². The number of esters is 1. The Morgan fingerprint density at radius 1 is 1.50 bits per heavy atom. The van der Waals surface area contributed by atoms with Crippen molar-refractivity contribution in [2.24, 2.45) is 5.92 Å². The van der Waals surface area contributed by atoms with E-state index < -0.39 is 27.7 Å². The Kier molecular flexibility index (Phi) is 3.96. The Balaban J connectivity index is 2.28. The first-order chi connectivity index (χ1) is 9.36. The van der Waals surface area contributed by atoms with Crippen LogP contribution in [0.5, 0.6) is 0 Å². The van der Waals surface area contributed by atoms with Gasteiger partial charge in [0.25, 0.3) is 0 Å². The summed E-state index contributed by atoms with van der Waals surface area (Å²) in [6.07, 6.45) is 0.376. The second-order valence-electron chi connectivity index (χ2n) is 4.55. The van der Waals surface area contributed by atoms with Gasteiger partial charge in [0.1, 0.15) is 10.7 Å². The number of halogens is 1. The Labute approximate surface area is 116 Å². The molecule has 0 aliphatic carbocycles. The number of anilines is 1. The van der Waals surface area contributed by atoms with Gasteiger partial charge >= 0.3 is 5.97 Å². The van der Waals surface area contributed by atoms with Crippen LogP contribution in [0.25, 0.3) is 0 Å². The van der Waals surface area contributed by atoms with E-state index in [1.165, 1.54) is 13.2 Å². The van der Waals surface area contributed by atoms with Crippen LogP contribution in [-0.4, -0.2) is 38.9 Å². The van der Waals surface area contributed by atoms with Gasteiger partial charge in [0, 0.05) is 13.1 Å². The average Bonchev–Trinajstić information content (AvgIpc) is 2.91. The van der Waals surface area contributed by atoms with Gasteiger partial charge in [-0.2, -0.15) is 4.31 Å². The lowest BCUT2D eigenvalue weighted by atomic mass is 10.1. The van der Waals surface area contributed by atoms with Crippen LogP contribution < -0.4 is 5.73 Å². The smallest absolute Gasteiger partial charge is 0.310 e. The maximum absolute atomic E-state index is 13.2. The van der Waals surface area contributed by atoms with Crippen LogP contribution in [0.2, 0.25) is 0 Å². The minimum Gasteiger partial charge on any atom is -0.469 e. The fourth-order valence-electron chi connectivity index (χ4n) is 2.18. The van der Waals surface area contributed by atoms with E-state index in [1.54, 1.807) is 0 Å². The molecule has 2 N–H and O–H groups in total. The van der Waals surface area contributed by atoms with Crippen LogP contribution in [0.15, 0.2) is 23.1 Å². The van der Waals surface area contributed by atoms with Gasteiger partial charge in [-0.1, -0.05) is 0 Å². The normalized spacial score (nSPS) is 20.0. The first-order valence-corrected chi connectivity index (χ1v) is 7.43. The molecule has 1 aliphatic rings. The van der Waals surface area contributed by atoms with E-state index in [4.69, 9.17) is 5.73 Å². The predicted octanol–water partition coefficient (Wildman–Crippen LogP) is 0.591. The number of rotatable bonds is 3. The van der Waals surface area contributed by atoms with Crippen molar-refractivity contribution in [2.75, 3.05) is 25.9 Å². The summed E-state index contributed by atoms with van der Waals surface area (Å²) in [7, 11) is -2.65. The van der Waals surface area contributed by atoms with Crippen LogP contribution in [0.3, 0.4) is 0 Å². The minimum atomic E-state index is -3.91.